The molecule has 7 rings (SSSR count). The Morgan fingerprint density at radius 3 is 2.42 bits per heavy atom. The molecule has 0 spiro atoms. The van der Waals surface area contributed by atoms with Gasteiger partial charge in [0.15, 0.2) is 0 Å². The molecule has 0 radical (unpaired) electrons. The number of aryl methyl sites for hydroxylation is 1. The topological polar surface area (TPSA) is 142 Å². The number of carbonyl (C=O) groups is 3. The van der Waals surface area contributed by atoms with Crippen LogP contribution < -0.4 is 20.9 Å². The highest BCUT2D eigenvalue weighted by atomic mass is 19.4. The van der Waals surface area contributed by atoms with E-state index in [1.807, 2.05) is 17.0 Å². The summed E-state index contributed by atoms with van der Waals surface area (Å²) in [7, 11) is 1.57. The van der Waals surface area contributed by atoms with Crippen molar-refractivity contribution in [3.8, 4) is 16.9 Å². The first-order valence-electron chi connectivity index (χ1n) is 18.0. The quantitative estimate of drug-likeness (QED) is 0.210. The minimum atomic E-state index is -4.87. The molecular weight excluding hydrogens is 691 g/mol. The van der Waals surface area contributed by atoms with Crippen LogP contribution in [0.3, 0.4) is 0 Å². The highest BCUT2D eigenvalue weighted by molar-refractivity contribution is 6.01. The number of aromatic nitrogens is 3. The number of rotatable bonds is 9. The minimum Gasteiger partial charge on any atom is -0.405 e. The first-order chi connectivity index (χ1) is 25.4. The van der Waals surface area contributed by atoms with Gasteiger partial charge in [0.2, 0.25) is 17.7 Å². The summed E-state index contributed by atoms with van der Waals surface area (Å²) >= 11 is 0. The zero-order valence-electron chi connectivity index (χ0n) is 29.4. The van der Waals surface area contributed by atoms with Gasteiger partial charge >= 0.3 is 6.36 Å². The Kier molecular flexibility index (Phi) is 10.3. The molecule has 1 unspecified atom stereocenters. The fourth-order valence-electron chi connectivity index (χ4n) is 7.79. The van der Waals surface area contributed by atoms with E-state index in [4.69, 9.17) is 0 Å². The van der Waals surface area contributed by atoms with Gasteiger partial charge in [0.05, 0.1) is 12.7 Å². The lowest BCUT2D eigenvalue weighted by atomic mass is 9.88. The summed E-state index contributed by atoms with van der Waals surface area (Å²) in [6, 6.07) is 12.4. The summed E-state index contributed by atoms with van der Waals surface area (Å²) < 4.78 is 46.5. The lowest BCUT2D eigenvalue weighted by molar-refractivity contribution is -0.274. The molecule has 0 bridgehead atoms. The van der Waals surface area contributed by atoms with Gasteiger partial charge in [-0.3, -0.25) is 34.5 Å². The van der Waals surface area contributed by atoms with Gasteiger partial charge in [-0.15, -0.1) is 13.2 Å². The third kappa shape index (κ3) is 8.40. The van der Waals surface area contributed by atoms with Crippen molar-refractivity contribution in [3.63, 3.8) is 0 Å². The number of hydrogen-bond acceptors (Lipinski definition) is 8. The normalized spacial score (nSPS) is 19.4. The summed E-state index contributed by atoms with van der Waals surface area (Å²) in [6.07, 6.45) is 2.57. The molecule has 3 N–H and O–H groups in total. The second-order valence-corrected chi connectivity index (χ2v) is 14.3. The van der Waals surface area contributed by atoms with Gasteiger partial charge in [0, 0.05) is 49.4 Å². The van der Waals surface area contributed by atoms with Crippen LogP contribution in [-0.2, 0) is 27.9 Å². The highest BCUT2D eigenvalue weighted by Crippen LogP contribution is 2.36. The molecule has 0 aliphatic carbocycles. The largest absolute Gasteiger partial charge is 0.573 e. The number of H-pyrrole nitrogens is 1. The van der Waals surface area contributed by atoms with Gasteiger partial charge in [-0.25, -0.2) is 0 Å². The molecule has 1 atom stereocenters. The number of imide groups is 1. The molecule has 3 amide bonds. The Morgan fingerprint density at radius 2 is 1.72 bits per heavy atom. The second kappa shape index (κ2) is 15.0. The average Bonchev–Trinajstić information content (AvgIpc) is 3.63. The standard InChI is InChI=1S/C38H42F3N7O5/c1-46-21-30(29-20-42-45-35(29)37(46)52)26-2-3-27(32(19-26)53-38(39,40)41)18-23-10-14-47(15-11-23)22-34(50)48-16-12-25(13-17-48)24-4-6-28(7-5-24)43-31-8-9-33(49)44-36(31)51/h2-7,19-21,23,25,31,43H,8-18,22H2,1H3,(H,42,45)(H,44,49,51). The molecule has 15 heteroatoms. The average molecular weight is 734 g/mol. The molecule has 2 aromatic heterocycles. The fraction of sp³-hybridized carbons (Fsp3) is 0.447. The van der Waals surface area contributed by atoms with E-state index in [0.717, 1.165) is 31.4 Å². The van der Waals surface area contributed by atoms with E-state index in [1.54, 1.807) is 25.4 Å². The van der Waals surface area contributed by atoms with E-state index in [1.165, 1.54) is 22.4 Å². The number of anilines is 1. The Labute approximate surface area is 303 Å². The van der Waals surface area contributed by atoms with Crippen molar-refractivity contribution in [2.45, 2.75) is 63.3 Å². The van der Waals surface area contributed by atoms with Crippen molar-refractivity contribution in [2.75, 3.05) is 38.0 Å². The molecule has 3 aliphatic rings. The summed E-state index contributed by atoms with van der Waals surface area (Å²) in [5, 5.41) is 12.7. The zero-order chi connectivity index (χ0) is 37.3. The second-order valence-electron chi connectivity index (χ2n) is 14.3. The lowest BCUT2D eigenvalue weighted by Crippen LogP contribution is -2.47. The molecule has 3 aliphatic heterocycles. The van der Waals surface area contributed by atoms with Gasteiger partial charge in [-0.05, 0) is 98.3 Å². The van der Waals surface area contributed by atoms with Crippen molar-refractivity contribution in [1.29, 1.82) is 0 Å². The summed E-state index contributed by atoms with van der Waals surface area (Å²) in [4.78, 5) is 53.3. The van der Waals surface area contributed by atoms with Crippen molar-refractivity contribution in [2.24, 2.45) is 13.0 Å². The Hall–Kier alpha value is -5.18. The summed E-state index contributed by atoms with van der Waals surface area (Å²) in [5.41, 5.74) is 3.49. The molecule has 5 heterocycles. The number of benzene rings is 2. The Balaban J connectivity index is 0.900. The van der Waals surface area contributed by atoms with Crippen molar-refractivity contribution in [3.05, 3.63) is 76.3 Å². The molecule has 12 nitrogen and oxygen atoms in total. The maximum atomic E-state index is 13.5. The maximum Gasteiger partial charge on any atom is 0.573 e. The van der Waals surface area contributed by atoms with E-state index in [-0.39, 0.29) is 40.5 Å². The van der Waals surface area contributed by atoms with E-state index in [9.17, 15) is 32.3 Å². The number of halogens is 3. The third-order valence-electron chi connectivity index (χ3n) is 10.8. The van der Waals surface area contributed by atoms with Gasteiger partial charge in [-0.2, -0.15) is 5.10 Å². The van der Waals surface area contributed by atoms with Gasteiger partial charge in [0.1, 0.15) is 17.3 Å². The van der Waals surface area contributed by atoms with Crippen LogP contribution in [0.1, 0.15) is 55.6 Å². The number of carbonyl (C=O) groups excluding carboxylic acids is 3. The monoisotopic (exact) mass is 733 g/mol. The number of pyridine rings is 1. The van der Waals surface area contributed by atoms with E-state index in [0.29, 0.717) is 80.0 Å². The Bertz CT molecular complexity index is 2050. The van der Waals surface area contributed by atoms with Crippen LogP contribution in [0.15, 0.2) is 59.7 Å². The first-order valence-corrected chi connectivity index (χ1v) is 18.0. The maximum absolute atomic E-state index is 13.5. The molecule has 280 valence electrons. The Morgan fingerprint density at radius 1 is 0.981 bits per heavy atom. The predicted molar refractivity (Wildman–Crippen MR) is 191 cm³/mol. The molecule has 0 saturated carbocycles. The molecule has 3 fully saturated rings. The minimum absolute atomic E-state index is 0.0901. The van der Waals surface area contributed by atoms with Gasteiger partial charge < -0.3 is 19.5 Å². The number of hydrogen-bond donors (Lipinski definition) is 3. The molecular formula is C38H42F3N7O5. The fourth-order valence-corrected chi connectivity index (χ4v) is 7.79. The number of nitrogens with one attached hydrogen (secondary N) is 3. The number of amides is 3. The summed E-state index contributed by atoms with van der Waals surface area (Å²) in [5.74, 6) is -0.270. The van der Waals surface area contributed by atoms with Crippen LogP contribution in [0.4, 0.5) is 18.9 Å². The van der Waals surface area contributed by atoms with Crippen LogP contribution in [-0.4, -0.2) is 87.4 Å². The van der Waals surface area contributed by atoms with Crippen LogP contribution in [0.5, 0.6) is 5.75 Å². The number of aromatic amines is 1. The van der Waals surface area contributed by atoms with Crippen LogP contribution in [0.2, 0.25) is 0 Å². The number of alkyl halides is 3. The van der Waals surface area contributed by atoms with Gasteiger partial charge in [0.25, 0.3) is 5.56 Å². The van der Waals surface area contributed by atoms with E-state index in [2.05, 4.69) is 42.6 Å². The number of nitrogens with zero attached hydrogens (tertiary/aromatic N) is 4. The molecule has 4 aromatic rings. The zero-order valence-corrected chi connectivity index (χ0v) is 29.4. The van der Waals surface area contributed by atoms with E-state index >= 15 is 0 Å². The third-order valence-corrected chi connectivity index (χ3v) is 10.8. The number of piperidine rings is 3. The van der Waals surface area contributed by atoms with Crippen molar-refractivity contribution < 1.29 is 32.3 Å². The number of fused-ring (bicyclic) bond motifs is 1. The number of likely N-dealkylation sites (tertiary alicyclic amines) is 2. The highest BCUT2D eigenvalue weighted by Gasteiger charge is 2.33. The lowest BCUT2D eigenvalue weighted by Gasteiger charge is -2.36. The predicted octanol–water partition coefficient (Wildman–Crippen LogP) is 4.71. The van der Waals surface area contributed by atoms with E-state index < -0.39 is 12.4 Å². The number of ether oxygens (including phenoxy) is 1. The van der Waals surface area contributed by atoms with Crippen LogP contribution >= 0.6 is 0 Å². The first kappa shape index (κ1) is 36.2. The molecule has 53 heavy (non-hydrogen) atoms. The van der Waals surface area contributed by atoms with Crippen molar-refractivity contribution in [1.82, 2.24) is 29.9 Å². The summed E-state index contributed by atoms with van der Waals surface area (Å²) in [6.45, 7) is 3.00. The van der Waals surface area contributed by atoms with Gasteiger partial charge in [-0.1, -0.05) is 24.3 Å². The van der Waals surface area contributed by atoms with Crippen molar-refractivity contribution >= 4 is 34.3 Å². The molecule has 2 aromatic carbocycles. The molecule has 3 saturated heterocycles. The van der Waals surface area contributed by atoms with Crippen LogP contribution in [0, 0.1) is 5.92 Å². The smallest absolute Gasteiger partial charge is 0.405 e. The van der Waals surface area contributed by atoms with Crippen LogP contribution in [0.25, 0.3) is 22.0 Å². The SMILES string of the molecule is Cn1cc(-c2ccc(CC3CCN(CC(=O)N4CCC(c5ccc(NC6CCC(=O)NC6=O)cc5)CC4)CC3)c(OC(F)(F)F)c2)c2cn[nH]c2c1=O.